The second-order valence-corrected chi connectivity index (χ2v) is 8.05. The molecule has 0 aromatic heterocycles. The molecule has 1 unspecified atom stereocenters. The van der Waals surface area contributed by atoms with E-state index >= 15 is 0 Å². The average molecular weight is 393 g/mol. The predicted octanol–water partition coefficient (Wildman–Crippen LogP) is 1.90. The van der Waals surface area contributed by atoms with Gasteiger partial charge in [-0.1, -0.05) is 30.3 Å². The first-order chi connectivity index (χ1) is 14.1. The van der Waals surface area contributed by atoms with Gasteiger partial charge in [0.2, 0.25) is 0 Å². The van der Waals surface area contributed by atoms with Gasteiger partial charge in [-0.15, -0.1) is 0 Å². The van der Waals surface area contributed by atoms with E-state index in [9.17, 15) is 14.8 Å². The van der Waals surface area contributed by atoms with Crippen molar-refractivity contribution in [2.75, 3.05) is 18.4 Å². The third kappa shape index (κ3) is 4.17. The molecule has 2 aliphatic heterocycles. The van der Waals surface area contributed by atoms with Crippen molar-refractivity contribution in [3.05, 3.63) is 64.7 Å². The fourth-order valence-corrected chi connectivity index (χ4v) is 4.55. The number of anilines is 1. The third-order valence-electron chi connectivity index (χ3n) is 6.25. The van der Waals surface area contributed by atoms with E-state index in [0.717, 1.165) is 48.3 Å². The van der Waals surface area contributed by atoms with Crippen LogP contribution in [-0.4, -0.2) is 47.0 Å². The van der Waals surface area contributed by atoms with Crippen LogP contribution < -0.4 is 11.1 Å². The van der Waals surface area contributed by atoms with Gasteiger partial charge in [0.1, 0.15) is 0 Å². The minimum atomic E-state index is -1.40. The number of piperidine rings is 1. The maximum Gasteiger partial charge on any atom is 0.475 e. The molecule has 0 saturated carbocycles. The van der Waals surface area contributed by atoms with Crippen molar-refractivity contribution in [3.63, 3.8) is 0 Å². The summed E-state index contributed by atoms with van der Waals surface area (Å²) in [6.07, 6.45) is 3.15. The van der Waals surface area contributed by atoms with E-state index < -0.39 is 13.1 Å². The molecule has 1 saturated heterocycles. The number of carbonyl (C=O) groups excluding carboxylic acids is 1. The highest BCUT2D eigenvalue weighted by Gasteiger charge is 2.31. The van der Waals surface area contributed by atoms with Crippen LogP contribution in [0, 0.1) is 0 Å². The number of carbonyl (C=O) groups is 1. The normalized spacial score (nSPS) is 19.4. The van der Waals surface area contributed by atoms with Gasteiger partial charge in [-0.2, -0.15) is 0 Å². The molecular formula is C22H28BN3O3. The summed E-state index contributed by atoms with van der Waals surface area (Å²) < 4.78 is 0. The lowest BCUT2D eigenvalue weighted by molar-refractivity contribution is 0.0712. The Morgan fingerprint density at radius 2 is 1.90 bits per heavy atom. The van der Waals surface area contributed by atoms with Gasteiger partial charge in [0.25, 0.3) is 5.91 Å². The van der Waals surface area contributed by atoms with Crippen LogP contribution in [0.4, 0.5) is 5.69 Å². The van der Waals surface area contributed by atoms with Crippen molar-refractivity contribution in [2.24, 2.45) is 5.73 Å². The van der Waals surface area contributed by atoms with Crippen LogP contribution in [0.15, 0.2) is 42.5 Å². The molecule has 4 rings (SSSR count). The van der Waals surface area contributed by atoms with Gasteiger partial charge in [-0.05, 0) is 60.4 Å². The van der Waals surface area contributed by atoms with E-state index in [2.05, 4.69) is 29.6 Å². The number of nitrogens with two attached hydrogens (primary N) is 1. The molecule has 2 aromatic rings. The lowest BCUT2D eigenvalue weighted by Gasteiger charge is -2.34. The van der Waals surface area contributed by atoms with Crippen molar-refractivity contribution < 1.29 is 14.8 Å². The van der Waals surface area contributed by atoms with Gasteiger partial charge in [0.15, 0.2) is 0 Å². The van der Waals surface area contributed by atoms with E-state index in [1.165, 1.54) is 5.56 Å². The van der Waals surface area contributed by atoms with Crippen LogP contribution in [0.5, 0.6) is 0 Å². The molecule has 2 aromatic carbocycles. The number of likely N-dealkylation sites (tertiary alicyclic amines) is 1. The van der Waals surface area contributed by atoms with Gasteiger partial charge in [0, 0.05) is 30.9 Å². The monoisotopic (exact) mass is 393 g/mol. The quantitative estimate of drug-likeness (QED) is 0.595. The number of fused-ring (bicyclic) bond motifs is 1. The molecule has 1 atom stereocenters. The summed E-state index contributed by atoms with van der Waals surface area (Å²) >= 11 is 0. The number of rotatable bonds is 4. The Morgan fingerprint density at radius 1 is 1.14 bits per heavy atom. The molecule has 0 radical (unpaired) electrons. The molecule has 1 amide bonds. The Balaban J connectivity index is 1.45. The second kappa shape index (κ2) is 8.57. The summed E-state index contributed by atoms with van der Waals surface area (Å²) in [6.45, 7) is 2.03. The smallest absolute Gasteiger partial charge is 0.426 e. The minimum absolute atomic E-state index is 0.0702. The van der Waals surface area contributed by atoms with E-state index in [4.69, 9.17) is 5.73 Å². The first-order valence-electron chi connectivity index (χ1n) is 10.4. The second-order valence-electron chi connectivity index (χ2n) is 8.05. The van der Waals surface area contributed by atoms with Gasteiger partial charge < -0.3 is 26.0 Å². The van der Waals surface area contributed by atoms with Crippen LogP contribution in [-0.2, 0) is 13.0 Å². The highest BCUT2D eigenvalue weighted by molar-refractivity contribution is 6.44. The molecule has 2 heterocycles. The number of nitrogens with zero attached hydrogens (tertiary/aromatic N) is 1. The maximum atomic E-state index is 13.2. The number of benzene rings is 2. The van der Waals surface area contributed by atoms with E-state index in [0.29, 0.717) is 25.3 Å². The highest BCUT2D eigenvalue weighted by atomic mass is 16.4. The topological polar surface area (TPSA) is 98.8 Å². The van der Waals surface area contributed by atoms with Gasteiger partial charge in [0.05, 0.1) is 5.94 Å². The Bertz CT molecular complexity index is 881. The molecule has 0 bridgehead atoms. The van der Waals surface area contributed by atoms with E-state index in [1.807, 2.05) is 23.1 Å². The third-order valence-corrected chi connectivity index (χ3v) is 6.25. The Labute approximate surface area is 171 Å². The number of hydrogen-bond donors (Lipinski definition) is 4. The zero-order valence-electron chi connectivity index (χ0n) is 16.6. The van der Waals surface area contributed by atoms with Crippen LogP contribution in [0.25, 0.3) is 0 Å². The van der Waals surface area contributed by atoms with E-state index in [-0.39, 0.29) is 5.91 Å². The fourth-order valence-electron chi connectivity index (χ4n) is 4.55. The van der Waals surface area contributed by atoms with Crippen molar-refractivity contribution in [1.82, 2.24) is 4.90 Å². The summed E-state index contributed by atoms with van der Waals surface area (Å²) in [5.74, 6) is 0.136. The molecule has 29 heavy (non-hydrogen) atoms. The number of hydrogen-bond acceptors (Lipinski definition) is 5. The first-order valence-corrected chi connectivity index (χ1v) is 10.4. The summed E-state index contributed by atoms with van der Waals surface area (Å²) in [5.41, 5.74) is 10.8. The Morgan fingerprint density at radius 3 is 2.62 bits per heavy atom. The standard InChI is InChI=1S/C22H28BN3O3/c24-14-15-3-1-4-17(13-15)16-9-11-26(12-10-16)22(27)19-5-2-6-20-18(19)7-8-21(25-20)23(28)29/h1-6,13,16,21,25,28-29H,7-12,14,24H2. The van der Waals surface area contributed by atoms with Crippen LogP contribution >= 0.6 is 0 Å². The molecule has 1 fully saturated rings. The molecule has 7 heteroatoms. The number of nitrogens with one attached hydrogen (secondary N) is 1. The van der Waals surface area contributed by atoms with Gasteiger partial charge >= 0.3 is 7.12 Å². The van der Waals surface area contributed by atoms with Crippen LogP contribution in [0.1, 0.15) is 52.2 Å². The average Bonchev–Trinajstić information content (AvgIpc) is 2.78. The fraction of sp³-hybridized carbons (Fsp3) is 0.409. The molecule has 2 aliphatic rings. The zero-order chi connectivity index (χ0) is 20.4. The molecule has 152 valence electrons. The first kappa shape index (κ1) is 19.9. The molecule has 6 nitrogen and oxygen atoms in total. The van der Waals surface area contributed by atoms with Crippen LogP contribution in [0.2, 0.25) is 0 Å². The lowest BCUT2D eigenvalue weighted by atomic mass is 9.73. The lowest BCUT2D eigenvalue weighted by Crippen LogP contribution is -2.42. The van der Waals surface area contributed by atoms with Crippen molar-refractivity contribution in [3.8, 4) is 0 Å². The SMILES string of the molecule is NCc1cccc(C2CCN(C(=O)c3cccc4c3CCC(B(O)O)N4)CC2)c1. The summed E-state index contributed by atoms with van der Waals surface area (Å²) in [4.78, 5) is 15.2. The van der Waals surface area contributed by atoms with Crippen molar-refractivity contribution >= 4 is 18.7 Å². The van der Waals surface area contributed by atoms with Gasteiger partial charge in [-0.25, -0.2) is 0 Å². The minimum Gasteiger partial charge on any atom is -0.426 e. The highest BCUT2D eigenvalue weighted by Crippen LogP contribution is 2.32. The Hall–Kier alpha value is -2.35. The largest absolute Gasteiger partial charge is 0.475 e. The molecule has 5 N–H and O–H groups in total. The summed E-state index contributed by atoms with van der Waals surface area (Å²) in [7, 11) is -1.40. The Kier molecular flexibility index (Phi) is 5.90. The summed E-state index contributed by atoms with van der Waals surface area (Å²) in [5, 5.41) is 22.0. The predicted molar refractivity (Wildman–Crippen MR) is 115 cm³/mol. The van der Waals surface area contributed by atoms with E-state index in [1.54, 1.807) is 0 Å². The van der Waals surface area contributed by atoms with Crippen molar-refractivity contribution in [1.29, 1.82) is 0 Å². The van der Waals surface area contributed by atoms with Crippen LogP contribution in [0.3, 0.4) is 0 Å². The summed E-state index contributed by atoms with van der Waals surface area (Å²) in [6, 6.07) is 14.1. The molecule has 0 aliphatic carbocycles. The van der Waals surface area contributed by atoms with Gasteiger partial charge in [-0.3, -0.25) is 4.79 Å². The molecule has 0 spiro atoms. The van der Waals surface area contributed by atoms with Crippen molar-refractivity contribution in [2.45, 2.75) is 44.1 Å². The number of amides is 1. The zero-order valence-corrected chi connectivity index (χ0v) is 16.6. The molecular weight excluding hydrogens is 365 g/mol. The maximum absolute atomic E-state index is 13.2.